The van der Waals surface area contributed by atoms with Crippen LogP contribution in [0.4, 0.5) is 0 Å². The monoisotopic (exact) mass is 359 g/mol. The Kier molecular flexibility index (Phi) is 4.47. The zero-order valence-electron chi connectivity index (χ0n) is 15.1. The summed E-state index contributed by atoms with van der Waals surface area (Å²) in [5.41, 5.74) is 2.12. The Hall–Kier alpha value is -1.57. The zero-order chi connectivity index (χ0) is 17.4. The summed E-state index contributed by atoms with van der Waals surface area (Å²) >= 11 is 1.72. The summed E-state index contributed by atoms with van der Waals surface area (Å²) in [6.07, 6.45) is 6.36. The molecule has 0 aromatic carbocycles. The molecule has 134 valence electrons. The second-order valence-electron chi connectivity index (χ2n) is 7.33. The molecule has 4 rings (SSSR count). The maximum absolute atomic E-state index is 5.95. The average Bonchev–Trinajstić information content (AvgIpc) is 3.13. The molecule has 0 saturated heterocycles. The van der Waals surface area contributed by atoms with Crippen molar-refractivity contribution >= 4 is 27.2 Å². The van der Waals surface area contributed by atoms with Crippen molar-refractivity contribution < 1.29 is 4.74 Å². The van der Waals surface area contributed by atoms with Crippen molar-refractivity contribution in [2.24, 2.45) is 0 Å². The van der Waals surface area contributed by atoms with E-state index in [1.807, 2.05) is 4.52 Å². The summed E-state index contributed by atoms with van der Waals surface area (Å²) in [4.78, 5) is 11.7. The van der Waals surface area contributed by atoms with Gasteiger partial charge in [-0.3, -0.25) is 0 Å². The van der Waals surface area contributed by atoms with Gasteiger partial charge in [0.1, 0.15) is 11.2 Å². The Morgan fingerprint density at radius 3 is 3.08 bits per heavy atom. The second kappa shape index (κ2) is 6.63. The van der Waals surface area contributed by atoms with Crippen molar-refractivity contribution in [3.63, 3.8) is 0 Å². The third-order valence-corrected chi connectivity index (χ3v) is 5.81. The largest absolute Gasteiger partial charge is 0.370 e. The Labute approximate surface area is 151 Å². The average molecular weight is 359 g/mol. The molecule has 1 aliphatic heterocycles. The number of fused-ring (bicyclic) bond motifs is 5. The highest BCUT2D eigenvalue weighted by Gasteiger charge is 2.30. The van der Waals surface area contributed by atoms with Crippen LogP contribution in [0.2, 0.25) is 0 Å². The van der Waals surface area contributed by atoms with Gasteiger partial charge in [0.25, 0.3) is 0 Å². The van der Waals surface area contributed by atoms with Gasteiger partial charge in [-0.15, -0.1) is 16.4 Å². The van der Waals surface area contributed by atoms with E-state index in [4.69, 9.17) is 9.72 Å². The van der Waals surface area contributed by atoms with Crippen LogP contribution in [0.25, 0.3) is 15.9 Å². The van der Waals surface area contributed by atoms with E-state index >= 15 is 0 Å². The number of aromatic nitrogens is 4. The fourth-order valence-corrected chi connectivity index (χ4v) is 4.43. The van der Waals surface area contributed by atoms with Crippen molar-refractivity contribution in [2.75, 3.05) is 6.54 Å². The van der Waals surface area contributed by atoms with Crippen LogP contribution in [0, 0.1) is 0 Å². The van der Waals surface area contributed by atoms with Crippen LogP contribution in [-0.4, -0.2) is 31.7 Å². The molecule has 0 bridgehead atoms. The van der Waals surface area contributed by atoms with Crippen LogP contribution in [-0.2, 0) is 24.3 Å². The molecule has 3 aromatic rings. The standard InChI is InChI=1S/C18H25N5OS/c1-4-5-6-7-19-9-14-21-16-15-12-8-18(2,3)24-10-13(12)25-17(15)20-11-23(16)22-14/h11,19H,4-10H2,1-3H3. The van der Waals surface area contributed by atoms with E-state index in [9.17, 15) is 0 Å². The summed E-state index contributed by atoms with van der Waals surface area (Å²) in [5.74, 6) is 0.831. The first-order chi connectivity index (χ1) is 12.1. The van der Waals surface area contributed by atoms with Gasteiger partial charge in [-0.05, 0) is 32.4 Å². The molecule has 6 nitrogen and oxygen atoms in total. The summed E-state index contributed by atoms with van der Waals surface area (Å²) in [6, 6.07) is 0. The van der Waals surface area contributed by atoms with Gasteiger partial charge >= 0.3 is 0 Å². The normalized spacial score (nSPS) is 16.6. The zero-order valence-corrected chi connectivity index (χ0v) is 15.9. The third kappa shape index (κ3) is 3.28. The molecule has 0 amide bonds. The van der Waals surface area contributed by atoms with E-state index in [0.29, 0.717) is 13.2 Å². The Bertz CT molecular complexity index is 898. The second-order valence-corrected chi connectivity index (χ2v) is 8.42. The number of thiophene rings is 1. The molecular weight excluding hydrogens is 334 g/mol. The molecule has 25 heavy (non-hydrogen) atoms. The van der Waals surface area contributed by atoms with Crippen LogP contribution in [0.3, 0.4) is 0 Å². The van der Waals surface area contributed by atoms with Crippen molar-refractivity contribution in [1.29, 1.82) is 0 Å². The van der Waals surface area contributed by atoms with Gasteiger partial charge in [-0.2, -0.15) is 0 Å². The van der Waals surface area contributed by atoms with Gasteiger partial charge in [0.15, 0.2) is 11.5 Å². The van der Waals surface area contributed by atoms with Crippen molar-refractivity contribution in [3.8, 4) is 0 Å². The number of ether oxygens (including phenoxy) is 1. The maximum atomic E-state index is 5.95. The molecule has 3 aromatic heterocycles. The molecule has 7 heteroatoms. The van der Waals surface area contributed by atoms with E-state index in [-0.39, 0.29) is 5.60 Å². The van der Waals surface area contributed by atoms with E-state index in [1.165, 1.54) is 29.7 Å². The van der Waals surface area contributed by atoms with Crippen LogP contribution in [0.15, 0.2) is 6.33 Å². The highest BCUT2D eigenvalue weighted by atomic mass is 32.1. The number of nitrogens with one attached hydrogen (secondary N) is 1. The molecule has 0 spiro atoms. The molecule has 0 fully saturated rings. The first-order valence-corrected chi connectivity index (χ1v) is 9.88. The molecule has 1 aliphatic rings. The molecular formula is C18H25N5OS. The molecule has 0 atom stereocenters. The van der Waals surface area contributed by atoms with Gasteiger partial charge in [-0.1, -0.05) is 19.8 Å². The van der Waals surface area contributed by atoms with E-state index in [1.54, 1.807) is 17.7 Å². The fraction of sp³-hybridized carbons (Fsp3) is 0.611. The Morgan fingerprint density at radius 2 is 2.24 bits per heavy atom. The molecule has 0 saturated carbocycles. The van der Waals surface area contributed by atoms with E-state index < -0.39 is 0 Å². The number of unbranched alkanes of at least 4 members (excludes halogenated alkanes) is 2. The van der Waals surface area contributed by atoms with Gasteiger partial charge in [0.05, 0.1) is 24.1 Å². The smallest absolute Gasteiger partial charge is 0.168 e. The van der Waals surface area contributed by atoms with Crippen LogP contribution >= 0.6 is 11.3 Å². The topological polar surface area (TPSA) is 64.3 Å². The number of hydrogen-bond acceptors (Lipinski definition) is 6. The van der Waals surface area contributed by atoms with Gasteiger partial charge in [-0.25, -0.2) is 14.5 Å². The predicted molar refractivity (Wildman–Crippen MR) is 100.0 cm³/mol. The van der Waals surface area contributed by atoms with Gasteiger partial charge < -0.3 is 10.1 Å². The number of rotatable bonds is 6. The van der Waals surface area contributed by atoms with Crippen LogP contribution in [0.5, 0.6) is 0 Å². The third-order valence-electron chi connectivity index (χ3n) is 4.69. The lowest BCUT2D eigenvalue weighted by Gasteiger charge is -2.30. The summed E-state index contributed by atoms with van der Waals surface area (Å²) in [5, 5.41) is 9.19. The SMILES string of the molecule is CCCCCNCc1nc2c3c4c(sc3ncn2n1)COC(C)(C)C4. The number of hydrogen-bond donors (Lipinski definition) is 1. The molecule has 4 heterocycles. The Morgan fingerprint density at radius 1 is 1.36 bits per heavy atom. The van der Waals surface area contributed by atoms with Gasteiger partial charge in [0, 0.05) is 11.3 Å². The van der Waals surface area contributed by atoms with E-state index in [2.05, 4.69) is 36.2 Å². The minimum absolute atomic E-state index is 0.141. The summed E-state index contributed by atoms with van der Waals surface area (Å²) in [6.45, 7) is 8.88. The predicted octanol–water partition coefficient (Wildman–Crippen LogP) is 3.47. The fourth-order valence-electron chi connectivity index (χ4n) is 3.36. The lowest BCUT2D eigenvalue weighted by molar-refractivity contribution is -0.0379. The lowest BCUT2D eigenvalue weighted by Crippen LogP contribution is -2.31. The highest BCUT2D eigenvalue weighted by Crippen LogP contribution is 2.39. The van der Waals surface area contributed by atoms with E-state index in [0.717, 1.165) is 34.7 Å². The molecule has 0 radical (unpaired) electrons. The summed E-state index contributed by atoms with van der Waals surface area (Å²) < 4.78 is 7.77. The first-order valence-electron chi connectivity index (χ1n) is 9.06. The van der Waals surface area contributed by atoms with Crippen molar-refractivity contribution in [1.82, 2.24) is 24.9 Å². The van der Waals surface area contributed by atoms with Gasteiger partial charge in [0.2, 0.25) is 0 Å². The lowest BCUT2D eigenvalue weighted by atomic mass is 9.94. The molecule has 1 N–H and O–H groups in total. The minimum atomic E-state index is -0.141. The van der Waals surface area contributed by atoms with Crippen LogP contribution in [0.1, 0.15) is 56.3 Å². The quantitative estimate of drug-likeness (QED) is 0.683. The van der Waals surface area contributed by atoms with Crippen LogP contribution < -0.4 is 5.32 Å². The summed E-state index contributed by atoms with van der Waals surface area (Å²) in [7, 11) is 0. The van der Waals surface area contributed by atoms with Crippen molar-refractivity contribution in [3.05, 3.63) is 22.6 Å². The van der Waals surface area contributed by atoms with Crippen molar-refractivity contribution in [2.45, 2.75) is 65.2 Å². The maximum Gasteiger partial charge on any atom is 0.168 e. The molecule has 0 unspecified atom stereocenters. The highest BCUT2D eigenvalue weighted by molar-refractivity contribution is 7.19. The molecule has 0 aliphatic carbocycles. The number of nitrogens with zero attached hydrogens (tertiary/aromatic N) is 4. The minimum Gasteiger partial charge on any atom is -0.370 e. The Balaban J connectivity index is 1.65. The first kappa shape index (κ1) is 16.9.